The van der Waals surface area contributed by atoms with Gasteiger partial charge in [0, 0.05) is 6.42 Å². The number of rotatable bonds is 6. The summed E-state index contributed by atoms with van der Waals surface area (Å²) in [7, 11) is -3.68. The van der Waals surface area contributed by atoms with E-state index < -0.39 is 33.3 Å². The molecule has 204 valence electrons. The smallest absolute Gasteiger partial charge is 0.475 e. The molecule has 0 saturated carbocycles. The topological polar surface area (TPSA) is 158 Å². The molecular weight excluding hydrogens is 529 g/mol. The first-order valence-corrected chi connectivity index (χ1v) is 12.9. The van der Waals surface area contributed by atoms with Crippen LogP contribution in [0.15, 0.2) is 42.5 Å². The average molecular weight is 555 g/mol. The number of fused-ring (bicyclic) bond motifs is 1. The molecule has 2 atom stereocenters. The zero-order chi connectivity index (χ0) is 28.3. The van der Waals surface area contributed by atoms with E-state index in [2.05, 4.69) is 15.3 Å². The highest BCUT2D eigenvalue weighted by atomic mass is 32.2. The number of halogens is 3. The van der Waals surface area contributed by atoms with E-state index in [0.29, 0.717) is 24.2 Å². The Bertz CT molecular complexity index is 1450. The number of carboxylic acids is 1. The fourth-order valence-electron chi connectivity index (χ4n) is 3.77. The standard InChI is InChI=1S/C22H24N4O4S.C2HF3O2/c1-3-20(27)23-18(22-24-16-9-4-13(2)10-17(16)25-22)11-14-5-7-15(8-6-14)19-12-21(28)26-31(19,29)30;3-2(4,5)1(6)7/h4-10,18-19H,3,11-12H2,1-2H3,(H,23,27)(H,24,25)(H,26,28);(H,6,7)/t18-,19?;/m0./s1. The number of alkyl halides is 3. The average Bonchev–Trinajstić information content (AvgIpc) is 3.37. The van der Waals surface area contributed by atoms with Crippen LogP contribution in [-0.4, -0.2) is 47.5 Å². The second kappa shape index (κ2) is 11.2. The minimum Gasteiger partial charge on any atom is -0.475 e. The van der Waals surface area contributed by atoms with Gasteiger partial charge >= 0.3 is 12.1 Å². The third-order valence-corrected chi connectivity index (χ3v) is 7.38. The van der Waals surface area contributed by atoms with E-state index in [1.807, 2.05) is 42.0 Å². The summed E-state index contributed by atoms with van der Waals surface area (Å²) in [5, 5.41) is 9.27. The fraction of sp³-hybridized carbons (Fsp3) is 0.333. The molecule has 38 heavy (non-hydrogen) atoms. The van der Waals surface area contributed by atoms with Crippen LogP contribution in [0.1, 0.15) is 53.6 Å². The highest BCUT2D eigenvalue weighted by Crippen LogP contribution is 2.30. The lowest BCUT2D eigenvalue weighted by atomic mass is 10.0. The van der Waals surface area contributed by atoms with Crippen LogP contribution in [0.4, 0.5) is 13.2 Å². The van der Waals surface area contributed by atoms with Crippen molar-refractivity contribution in [2.75, 3.05) is 0 Å². The van der Waals surface area contributed by atoms with Crippen molar-refractivity contribution in [1.29, 1.82) is 0 Å². The van der Waals surface area contributed by atoms with Gasteiger partial charge in [0.25, 0.3) is 0 Å². The molecule has 14 heteroatoms. The SMILES string of the molecule is CCC(=O)N[C@@H](Cc1ccc(C2CC(=O)NS2(=O)=O)cc1)c1nc2ccc(C)cc2[nH]1.O=C(O)C(F)(F)F. The molecule has 0 aliphatic carbocycles. The van der Waals surface area contributed by atoms with Crippen molar-refractivity contribution in [3.63, 3.8) is 0 Å². The molecule has 0 spiro atoms. The third-order valence-electron chi connectivity index (χ3n) is 5.68. The largest absolute Gasteiger partial charge is 0.490 e. The van der Waals surface area contributed by atoms with Crippen LogP contribution in [0.2, 0.25) is 0 Å². The molecular formula is C24H25F3N4O6S. The zero-order valence-corrected chi connectivity index (χ0v) is 21.1. The van der Waals surface area contributed by atoms with Crippen LogP contribution in [0.5, 0.6) is 0 Å². The number of aromatic nitrogens is 2. The summed E-state index contributed by atoms with van der Waals surface area (Å²) in [6, 6.07) is 12.7. The van der Waals surface area contributed by atoms with Gasteiger partial charge in [0.05, 0.1) is 23.5 Å². The molecule has 10 nitrogen and oxygen atoms in total. The van der Waals surface area contributed by atoms with E-state index in [0.717, 1.165) is 22.2 Å². The summed E-state index contributed by atoms with van der Waals surface area (Å²) in [6.45, 7) is 3.80. The molecule has 2 aromatic carbocycles. The number of carbonyl (C=O) groups excluding carboxylic acids is 2. The lowest BCUT2D eigenvalue weighted by molar-refractivity contribution is -0.192. The maximum absolute atomic E-state index is 12.1. The number of sulfonamides is 1. The molecule has 1 aliphatic rings. The lowest BCUT2D eigenvalue weighted by Crippen LogP contribution is -2.30. The number of aromatic amines is 1. The number of carboxylic acid groups (broad SMARTS) is 1. The second-order valence-corrected chi connectivity index (χ2v) is 10.5. The number of benzene rings is 2. The molecule has 0 bridgehead atoms. The van der Waals surface area contributed by atoms with Gasteiger partial charge in [0.2, 0.25) is 21.8 Å². The molecule has 1 saturated heterocycles. The Labute approximate surface area is 215 Å². The number of imidazole rings is 1. The summed E-state index contributed by atoms with van der Waals surface area (Å²) < 4.78 is 57.9. The van der Waals surface area contributed by atoms with Gasteiger partial charge in [0.15, 0.2) is 0 Å². The number of carbonyl (C=O) groups is 3. The number of aryl methyl sites for hydroxylation is 1. The predicted molar refractivity (Wildman–Crippen MR) is 130 cm³/mol. The quantitative estimate of drug-likeness (QED) is 0.364. The van der Waals surface area contributed by atoms with E-state index in [9.17, 15) is 31.2 Å². The van der Waals surface area contributed by atoms with Crippen molar-refractivity contribution in [2.24, 2.45) is 0 Å². The van der Waals surface area contributed by atoms with E-state index >= 15 is 0 Å². The first-order chi connectivity index (χ1) is 17.7. The van der Waals surface area contributed by atoms with Gasteiger partial charge in [0.1, 0.15) is 11.1 Å². The molecule has 1 aromatic heterocycles. The van der Waals surface area contributed by atoms with E-state index in [1.54, 1.807) is 19.1 Å². The number of hydrogen-bond donors (Lipinski definition) is 4. The minimum absolute atomic E-state index is 0.0741. The maximum atomic E-state index is 12.1. The monoisotopic (exact) mass is 554 g/mol. The number of amides is 2. The van der Waals surface area contributed by atoms with Crippen LogP contribution < -0.4 is 10.0 Å². The molecule has 2 heterocycles. The van der Waals surface area contributed by atoms with Gasteiger partial charge in [-0.3, -0.25) is 14.3 Å². The Hall–Kier alpha value is -3.94. The summed E-state index contributed by atoms with van der Waals surface area (Å²) in [5.41, 5.74) is 4.33. The Morgan fingerprint density at radius 1 is 1.18 bits per heavy atom. The predicted octanol–water partition coefficient (Wildman–Crippen LogP) is 3.21. The molecule has 0 radical (unpaired) electrons. The molecule has 2 amide bonds. The van der Waals surface area contributed by atoms with Crippen LogP contribution >= 0.6 is 0 Å². The van der Waals surface area contributed by atoms with Crippen molar-refractivity contribution in [1.82, 2.24) is 20.0 Å². The number of nitrogens with zero attached hydrogens (tertiary/aromatic N) is 1. The summed E-state index contributed by atoms with van der Waals surface area (Å²) in [4.78, 5) is 40.5. The Kier molecular flexibility index (Phi) is 8.44. The van der Waals surface area contributed by atoms with Gasteiger partial charge in [-0.1, -0.05) is 37.3 Å². The van der Waals surface area contributed by atoms with E-state index in [4.69, 9.17) is 9.90 Å². The van der Waals surface area contributed by atoms with Crippen LogP contribution in [0, 0.1) is 6.92 Å². The Morgan fingerprint density at radius 2 is 1.82 bits per heavy atom. The number of H-pyrrole nitrogens is 1. The van der Waals surface area contributed by atoms with Gasteiger partial charge in [-0.2, -0.15) is 13.2 Å². The van der Waals surface area contributed by atoms with Crippen LogP contribution in [-0.2, 0) is 30.8 Å². The van der Waals surface area contributed by atoms with Crippen LogP contribution in [0.25, 0.3) is 11.0 Å². The Morgan fingerprint density at radius 3 is 2.34 bits per heavy atom. The molecule has 4 N–H and O–H groups in total. The normalized spacial score (nSPS) is 17.3. The van der Waals surface area contributed by atoms with Crippen molar-refractivity contribution in [3.05, 3.63) is 65.0 Å². The first-order valence-electron chi connectivity index (χ1n) is 11.4. The molecule has 1 unspecified atom stereocenters. The van der Waals surface area contributed by atoms with Crippen molar-refractivity contribution in [3.8, 4) is 0 Å². The number of nitrogens with one attached hydrogen (secondary N) is 3. The van der Waals surface area contributed by atoms with Crippen molar-refractivity contribution in [2.45, 2.75) is 50.6 Å². The third kappa shape index (κ3) is 7.09. The maximum Gasteiger partial charge on any atom is 0.490 e. The van der Waals surface area contributed by atoms with Crippen molar-refractivity contribution < 1.29 is 41.1 Å². The Balaban J connectivity index is 0.000000505. The summed E-state index contributed by atoms with van der Waals surface area (Å²) in [6.07, 6.45) is -4.32. The zero-order valence-electron chi connectivity index (χ0n) is 20.3. The van der Waals surface area contributed by atoms with Crippen LogP contribution in [0.3, 0.4) is 0 Å². The summed E-state index contributed by atoms with van der Waals surface area (Å²) >= 11 is 0. The van der Waals surface area contributed by atoms with Crippen molar-refractivity contribution >= 4 is 38.8 Å². The van der Waals surface area contributed by atoms with Gasteiger partial charge < -0.3 is 15.4 Å². The minimum atomic E-state index is -5.08. The van der Waals surface area contributed by atoms with E-state index in [-0.39, 0.29) is 18.4 Å². The fourth-order valence-corrected chi connectivity index (χ4v) is 5.20. The lowest BCUT2D eigenvalue weighted by Gasteiger charge is -2.17. The molecule has 3 aromatic rings. The number of hydrogen-bond acceptors (Lipinski definition) is 6. The molecule has 4 rings (SSSR count). The highest BCUT2D eigenvalue weighted by Gasteiger charge is 2.38. The van der Waals surface area contributed by atoms with Gasteiger partial charge in [-0.05, 0) is 42.2 Å². The number of aliphatic carboxylic acids is 1. The first kappa shape index (κ1) is 28.6. The molecule has 1 aliphatic heterocycles. The van der Waals surface area contributed by atoms with Gasteiger partial charge in [-0.15, -0.1) is 0 Å². The van der Waals surface area contributed by atoms with E-state index in [1.165, 1.54) is 0 Å². The second-order valence-electron chi connectivity index (χ2n) is 8.63. The van der Waals surface area contributed by atoms with Gasteiger partial charge in [-0.25, -0.2) is 18.2 Å². The highest BCUT2D eigenvalue weighted by molar-refractivity contribution is 7.90. The molecule has 1 fully saturated rings. The summed E-state index contributed by atoms with van der Waals surface area (Å²) in [5.74, 6) is -2.66.